The van der Waals surface area contributed by atoms with Crippen molar-refractivity contribution in [3.8, 4) is 0 Å². The summed E-state index contributed by atoms with van der Waals surface area (Å²) in [6.45, 7) is -1.62. The maximum atomic E-state index is 15.0. The molecule has 0 heterocycles. The van der Waals surface area contributed by atoms with Gasteiger partial charge in [0.05, 0.1) is 24.2 Å². The fraction of sp³-hybridized carbons (Fsp3) is 0.297. The number of alkyl halides is 3. The topological polar surface area (TPSA) is 95.0 Å². The number of carbonyl (C=O) groups is 2. The molecule has 4 aromatic carbocycles. The number of carboxylic acids is 1. The lowest BCUT2D eigenvalue weighted by molar-refractivity contribution is -0.138. The van der Waals surface area contributed by atoms with Crippen LogP contribution < -0.4 is 4.90 Å². The fourth-order valence-corrected chi connectivity index (χ4v) is 7.73. The third-order valence-corrected chi connectivity index (χ3v) is 11.1. The quantitative estimate of drug-likeness (QED) is 0.0886. The summed E-state index contributed by atoms with van der Waals surface area (Å²) >= 11 is 0. The second-order valence-electron chi connectivity index (χ2n) is 13.2. The Morgan fingerprint density at radius 2 is 1.32 bits per heavy atom. The lowest BCUT2D eigenvalue weighted by Gasteiger charge is -2.29. The van der Waals surface area contributed by atoms with Gasteiger partial charge in [0.25, 0.3) is 0 Å². The maximum Gasteiger partial charge on any atom is 0.416 e. The van der Waals surface area contributed by atoms with Crippen LogP contribution in [0.2, 0.25) is 0 Å². The van der Waals surface area contributed by atoms with Crippen molar-refractivity contribution in [2.75, 3.05) is 11.4 Å². The molecule has 0 spiro atoms. The third-order valence-electron chi connectivity index (χ3n) is 9.26. The van der Waals surface area contributed by atoms with Gasteiger partial charge in [-0.2, -0.15) is 17.5 Å². The zero-order valence-electron chi connectivity index (χ0n) is 27.8. The Labute approximate surface area is 298 Å². The van der Waals surface area contributed by atoms with E-state index in [1.54, 1.807) is 0 Å². The van der Waals surface area contributed by atoms with E-state index < -0.39 is 86.3 Å². The van der Waals surface area contributed by atoms with Crippen LogP contribution >= 0.6 is 0 Å². The van der Waals surface area contributed by atoms with Crippen LogP contribution in [0.5, 0.6) is 0 Å². The number of aryl methyl sites for hydroxylation is 1. The van der Waals surface area contributed by atoms with Gasteiger partial charge in [-0.15, -0.1) is 0 Å². The molecule has 0 bridgehead atoms. The molecule has 0 atom stereocenters. The van der Waals surface area contributed by atoms with Crippen LogP contribution in [0, 0.1) is 36.0 Å². The van der Waals surface area contributed by atoms with Crippen molar-refractivity contribution in [1.29, 1.82) is 0 Å². The Bertz CT molecular complexity index is 2180. The molecule has 7 nitrogen and oxygen atoms in total. The highest BCUT2D eigenvalue weighted by Gasteiger charge is 2.41. The number of halogens is 8. The monoisotopic (exact) mass is 766 g/mol. The number of hydrogen-bond acceptors (Lipinski definition) is 4. The number of hydrogen-bond donors (Lipinski definition) is 1. The predicted octanol–water partition coefficient (Wildman–Crippen LogP) is 8.59. The molecule has 2 saturated carbocycles. The van der Waals surface area contributed by atoms with E-state index in [9.17, 15) is 49.5 Å². The first-order valence-electron chi connectivity index (χ1n) is 16.3. The SMILES string of the molecule is Cc1cc(C(=O)O)ccc1N(Cc1cc(C2CC2)cc(C2CC2)c1)C(=O)CN(Cc1ccccc1C(F)(F)F)S(=O)(=O)c1c(F)c(F)c(F)c(F)c1F. The van der Waals surface area contributed by atoms with Crippen LogP contribution in [0.1, 0.15) is 81.3 Å². The Morgan fingerprint density at radius 3 is 1.83 bits per heavy atom. The van der Waals surface area contributed by atoms with Crippen molar-refractivity contribution in [1.82, 2.24) is 4.31 Å². The molecule has 0 aromatic heterocycles. The highest BCUT2D eigenvalue weighted by atomic mass is 32.2. The first kappa shape index (κ1) is 37.9. The Balaban J connectivity index is 1.48. The minimum Gasteiger partial charge on any atom is -0.478 e. The van der Waals surface area contributed by atoms with Crippen molar-refractivity contribution in [2.24, 2.45) is 0 Å². The summed E-state index contributed by atoms with van der Waals surface area (Å²) in [6, 6.07) is 13.0. The van der Waals surface area contributed by atoms with Gasteiger partial charge in [0.2, 0.25) is 21.7 Å². The second-order valence-corrected chi connectivity index (χ2v) is 15.0. The van der Waals surface area contributed by atoms with E-state index in [1.165, 1.54) is 25.1 Å². The van der Waals surface area contributed by atoms with Gasteiger partial charge in [-0.05, 0) is 96.5 Å². The molecule has 16 heteroatoms. The molecule has 1 amide bonds. The van der Waals surface area contributed by atoms with Crippen LogP contribution in [0.4, 0.5) is 40.8 Å². The van der Waals surface area contributed by atoms with Crippen molar-refractivity contribution >= 4 is 27.6 Å². The number of carboxylic acid groups (broad SMARTS) is 1. The van der Waals surface area contributed by atoms with Gasteiger partial charge in [0.15, 0.2) is 28.2 Å². The third kappa shape index (κ3) is 7.79. The molecule has 2 aliphatic rings. The number of sulfonamides is 1. The average molecular weight is 767 g/mol. The summed E-state index contributed by atoms with van der Waals surface area (Å²) in [4.78, 5) is 24.8. The summed E-state index contributed by atoms with van der Waals surface area (Å²) in [7, 11) is -5.97. The van der Waals surface area contributed by atoms with Crippen molar-refractivity contribution in [3.05, 3.63) is 129 Å². The average Bonchev–Trinajstić information content (AvgIpc) is 4.02. The van der Waals surface area contributed by atoms with Crippen LogP contribution in [0.3, 0.4) is 0 Å². The van der Waals surface area contributed by atoms with Gasteiger partial charge >= 0.3 is 12.1 Å². The summed E-state index contributed by atoms with van der Waals surface area (Å²) < 4.78 is 142. The molecule has 280 valence electrons. The van der Waals surface area contributed by atoms with Gasteiger partial charge in [-0.3, -0.25) is 4.79 Å². The normalized spacial score (nSPS) is 14.8. The van der Waals surface area contributed by atoms with Gasteiger partial charge in [0.1, 0.15) is 0 Å². The zero-order chi connectivity index (χ0) is 38.6. The Kier molecular flexibility index (Phi) is 10.2. The number of anilines is 1. The van der Waals surface area contributed by atoms with Crippen molar-refractivity contribution in [3.63, 3.8) is 0 Å². The van der Waals surface area contributed by atoms with E-state index in [0.29, 0.717) is 11.6 Å². The Hall–Kier alpha value is -4.83. The second kappa shape index (κ2) is 14.2. The number of carbonyl (C=O) groups excluding carboxylic acids is 1. The first-order chi connectivity index (χ1) is 24.9. The molecule has 0 saturated heterocycles. The zero-order valence-corrected chi connectivity index (χ0v) is 28.6. The van der Waals surface area contributed by atoms with Crippen LogP contribution in [-0.4, -0.2) is 36.3 Å². The molecule has 0 radical (unpaired) electrons. The number of aromatic carboxylic acids is 1. The lowest BCUT2D eigenvalue weighted by atomic mass is 9.99. The minimum absolute atomic E-state index is 0.0640. The van der Waals surface area contributed by atoms with Gasteiger partial charge in [-0.25, -0.2) is 35.2 Å². The molecule has 1 N–H and O–H groups in total. The molecule has 2 aliphatic carbocycles. The predicted molar refractivity (Wildman–Crippen MR) is 175 cm³/mol. The molecule has 2 fully saturated rings. The first-order valence-corrected chi connectivity index (χ1v) is 17.8. The minimum atomic E-state index is -5.97. The van der Waals surface area contributed by atoms with Crippen LogP contribution in [0.25, 0.3) is 0 Å². The van der Waals surface area contributed by atoms with Gasteiger partial charge in [0, 0.05) is 12.2 Å². The summed E-state index contributed by atoms with van der Waals surface area (Å²) in [5.74, 6) is -15.4. The van der Waals surface area contributed by atoms with E-state index in [2.05, 4.69) is 6.07 Å². The number of amides is 1. The molecule has 6 rings (SSSR count). The number of rotatable bonds is 12. The molecule has 53 heavy (non-hydrogen) atoms. The Morgan fingerprint density at radius 1 is 0.774 bits per heavy atom. The molecule has 4 aromatic rings. The molecule has 0 unspecified atom stereocenters. The number of benzene rings is 4. The highest BCUT2D eigenvalue weighted by molar-refractivity contribution is 7.89. The fourth-order valence-electron chi connectivity index (χ4n) is 6.25. The molecular weight excluding hydrogens is 736 g/mol. The smallest absolute Gasteiger partial charge is 0.416 e. The van der Waals surface area contributed by atoms with Gasteiger partial charge in [-0.1, -0.05) is 36.4 Å². The maximum absolute atomic E-state index is 15.0. The summed E-state index contributed by atoms with van der Waals surface area (Å²) in [5, 5.41) is 9.53. The van der Waals surface area contributed by atoms with Crippen molar-refractivity contribution in [2.45, 2.75) is 68.6 Å². The van der Waals surface area contributed by atoms with E-state index in [4.69, 9.17) is 0 Å². The van der Waals surface area contributed by atoms with Crippen LogP contribution in [0.15, 0.2) is 65.6 Å². The molecular formula is C37H30F8N2O5S. The van der Waals surface area contributed by atoms with E-state index in [-0.39, 0.29) is 39.5 Å². The standard InChI is InChI=1S/C37H30F8N2O5S/c1-19-12-23(36(49)50)10-11-28(19)47(16-20-13-25(21-6-7-21)15-26(14-20)22-8-9-22)29(48)18-46(17-24-4-2-3-5-27(24)37(43,44)45)53(51,52)35-33(41)31(39)30(38)32(40)34(35)42/h2-5,10-15,21-22H,6-9,16-18H2,1H3,(H,49,50). The van der Waals surface area contributed by atoms with Crippen LogP contribution in [-0.2, 0) is 34.1 Å². The summed E-state index contributed by atoms with van der Waals surface area (Å²) in [5.41, 5.74) is 0.548. The van der Waals surface area contributed by atoms with Gasteiger partial charge < -0.3 is 10.0 Å². The lowest BCUT2D eigenvalue weighted by Crippen LogP contribution is -2.43. The summed E-state index contributed by atoms with van der Waals surface area (Å²) in [6.07, 6.45) is -1.32. The highest BCUT2D eigenvalue weighted by Crippen LogP contribution is 2.45. The molecule has 0 aliphatic heterocycles. The van der Waals surface area contributed by atoms with E-state index in [1.807, 2.05) is 12.1 Å². The van der Waals surface area contributed by atoms with E-state index >= 15 is 8.78 Å². The van der Waals surface area contributed by atoms with Crippen molar-refractivity contribution < 1.29 is 58.2 Å². The largest absolute Gasteiger partial charge is 0.478 e. The van der Waals surface area contributed by atoms with E-state index in [0.717, 1.165) is 59.9 Å². The number of nitrogens with zero attached hydrogens (tertiary/aromatic N) is 2.